The fourth-order valence-corrected chi connectivity index (χ4v) is 3.30. The van der Waals surface area contributed by atoms with Gasteiger partial charge in [-0.05, 0) is 56.5 Å². The van der Waals surface area contributed by atoms with Crippen LogP contribution in [0.1, 0.15) is 24.6 Å². The molecule has 6 nitrogen and oxygen atoms in total. The lowest BCUT2D eigenvalue weighted by Crippen LogP contribution is -2.38. The van der Waals surface area contributed by atoms with E-state index in [1.807, 2.05) is 37.3 Å². The molecule has 1 N–H and O–H groups in total. The van der Waals surface area contributed by atoms with Gasteiger partial charge in [0.25, 0.3) is 5.56 Å². The van der Waals surface area contributed by atoms with Crippen molar-refractivity contribution in [1.29, 1.82) is 0 Å². The number of rotatable bonds is 8. The van der Waals surface area contributed by atoms with Gasteiger partial charge in [-0.1, -0.05) is 30.3 Å². The van der Waals surface area contributed by atoms with Crippen LogP contribution in [0, 0.1) is 6.92 Å². The van der Waals surface area contributed by atoms with E-state index in [0.717, 1.165) is 18.4 Å². The minimum Gasteiger partial charge on any atom is -0.497 e. The maximum absolute atomic E-state index is 12.6. The van der Waals surface area contributed by atoms with Gasteiger partial charge < -0.3 is 10.1 Å². The molecule has 1 aromatic heterocycles. The molecule has 6 heteroatoms. The van der Waals surface area contributed by atoms with E-state index in [1.54, 1.807) is 26.2 Å². The van der Waals surface area contributed by atoms with Crippen molar-refractivity contribution < 1.29 is 9.53 Å². The molecule has 0 radical (unpaired) electrons. The van der Waals surface area contributed by atoms with Crippen LogP contribution in [0.25, 0.3) is 11.4 Å². The number of aromatic nitrogens is 2. The maximum Gasteiger partial charge on any atom is 0.254 e. The molecule has 0 aliphatic rings. The van der Waals surface area contributed by atoms with Crippen LogP contribution < -0.4 is 15.6 Å². The van der Waals surface area contributed by atoms with Crippen LogP contribution in [0.15, 0.2) is 65.5 Å². The molecule has 1 heterocycles. The van der Waals surface area contributed by atoms with E-state index in [-0.39, 0.29) is 24.1 Å². The Hall–Kier alpha value is -3.41. The first-order valence-corrected chi connectivity index (χ1v) is 10.0. The van der Waals surface area contributed by atoms with E-state index < -0.39 is 0 Å². The number of carbonyl (C=O) groups is 1. The van der Waals surface area contributed by atoms with Crippen LogP contribution in [-0.4, -0.2) is 28.6 Å². The highest BCUT2D eigenvalue weighted by molar-refractivity contribution is 5.76. The van der Waals surface area contributed by atoms with Crippen LogP contribution in [0.4, 0.5) is 0 Å². The Kier molecular flexibility index (Phi) is 7.01. The van der Waals surface area contributed by atoms with E-state index in [0.29, 0.717) is 17.3 Å². The molecule has 0 spiro atoms. The second-order valence-electron chi connectivity index (χ2n) is 7.37. The molecule has 1 amide bonds. The van der Waals surface area contributed by atoms with Crippen molar-refractivity contribution in [2.45, 2.75) is 39.3 Å². The number of hydrogen-bond acceptors (Lipinski definition) is 4. The smallest absolute Gasteiger partial charge is 0.254 e. The van der Waals surface area contributed by atoms with Crippen LogP contribution >= 0.6 is 0 Å². The van der Waals surface area contributed by atoms with Gasteiger partial charge in [0.15, 0.2) is 0 Å². The molecule has 1 atom stereocenters. The number of aryl methyl sites for hydroxylation is 2. The molecule has 0 aliphatic heterocycles. The number of nitrogens with zero attached hydrogens (tertiary/aromatic N) is 2. The topological polar surface area (TPSA) is 73.2 Å². The van der Waals surface area contributed by atoms with Crippen molar-refractivity contribution >= 4 is 5.91 Å². The predicted molar refractivity (Wildman–Crippen MR) is 118 cm³/mol. The van der Waals surface area contributed by atoms with Gasteiger partial charge in [0.05, 0.1) is 7.11 Å². The zero-order valence-corrected chi connectivity index (χ0v) is 17.6. The molecule has 0 saturated carbocycles. The first kappa shape index (κ1) is 21.3. The number of benzene rings is 2. The molecule has 0 aliphatic carbocycles. The van der Waals surface area contributed by atoms with Gasteiger partial charge >= 0.3 is 0 Å². The third-order valence-electron chi connectivity index (χ3n) is 4.90. The van der Waals surface area contributed by atoms with Crippen molar-refractivity contribution in [1.82, 2.24) is 14.9 Å². The van der Waals surface area contributed by atoms with E-state index in [4.69, 9.17) is 4.74 Å². The summed E-state index contributed by atoms with van der Waals surface area (Å²) in [5.41, 5.74) is 2.35. The van der Waals surface area contributed by atoms with Crippen LogP contribution in [-0.2, 0) is 17.8 Å². The van der Waals surface area contributed by atoms with Crippen molar-refractivity contribution in [2.75, 3.05) is 7.11 Å². The predicted octanol–water partition coefficient (Wildman–Crippen LogP) is 3.36. The number of nitrogens with one attached hydrogen (secondary N) is 1. The Morgan fingerprint density at radius 1 is 1.13 bits per heavy atom. The summed E-state index contributed by atoms with van der Waals surface area (Å²) in [6, 6.07) is 18.9. The van der Waals surface area contributed by atoms with Crippen LogP contribution in [0.2, 0.25) is 0 Å². The van der Waals surface area contributed by atoms with Gasteiger partial charge in [-0.25, -0.2) is 4.98 Å². The number of methoxy groups -OCH3 is 1. The van der Waals surface area contributed by atoms with Crippen molar-refractivity contribution in [3.8, 4) is 17.1 Å². The van der Waals surface area contributed by atoms with E-state index in [9.17, 15) is 9.59 Å². The quantitative estimate of drug-likeness (QED) is 0.624. The first-order chi connectivity index (χ1) is 14.5. The molecule has 3 rings (SSSR count). The van der Waals surface area contributed by atoms with Gasteiger partial charge in [-0.15, -0.1) is 0 Å². The molecule has 2 aromatic carbocycles. The summed E-state index contributed by atoms with van der Waals surface area (Å²) in [5.74, 6) is 0.970. The number of amides is 1. The molecule has 0 bridgehead atoms. The monoisotopic (exact) mass is 405 g/mol. The highest BCUT2D eigenvalue weighted by atomic mass is 16.5. The van der Waals surface area contributed by atoms with Gasteiger partial charge in [0, 0.05) is 23.4 Å². The number of hydrogen-bond donors (Lipinski definition) is 1. The maximum atomic E-state index is 12.6. The lowest BCUT2D eigenvalue weighted by atomic mass is 10.1. The normalized spacial score (nSPS) is 11.7. The highest BCUT2D eigenvalue weighted by Gasteiger charge is 2.15. The molecular formula is C24H27N3O3. The third kappa shape index (κ3) is 5.56. The zero-order valence-electron chi connectivity index (χ0n) is 17.6. The summed E-state index contributed by atoms with van der Waals surface area (Å²) in [6.07, 6.45) is 1.70. The standard InChI is InChI=1S/C24H27N3O3/c1-17(9-10-19-7-5-4-6-8-19)25-22(28)16-27-23(29)15-18(2)26-24(27)20-11-13-21(30-3)14-12-20/h4-8,11-15,17H,9-10,16H2,1-3H3,(H,25,28)/t17-/m0/s1. The second-order valence-corrected chi connectivity index (χ2v) is 7.37. The van der Waals surface area contributed by atoms with E-state index >= 15 is 0 Å². The molecule has 0 fully saturated rings. The fourth-order valence-electron chi connectivity index (χ4n) is 3.30. The minimum absolute atomic E-state index is 0.00347. The molecular weight excluding hydrogens is 378 g/mol. The summed E-state index contributed by atoms with van der Waals surface area (Å²) >= 11 is 0. The second kappa shape index (κ2) is 9.87. The molecule has 0 saturated heterocycles. The van der Waals surface area contributed by atoms with Gasteiger partial charge in [-0.3, -0.25) is 14.2 Å². The Labute approximate surface area is 176 Å². The third-order valence-corrected chi connectivity index (χ3v) is 4.90. The summed E-state index contributed by atoms with van der Waals surface area (Å²) in [6.45, 7) is 3.66. The van der Waals surface area contributed by atoms with Crippen molar-refractivity contribution in [2.24, 2.45) is 0 Å². The Morgan fingerprint density at radius 3 is 2.50 bits per heavy atom. The highest BCUT2D eigenvalue weighted by Crippen LogP contribution is 2.20. The molecule has 156 valence electrons. The average Bonchev–Trinajstić information content (AvgIpc) is 2.75. The van der Waals surface area contributed by atoms with Crippen molar-refractivity contribution in [3.63, 3.8) is 0 Å². The van der Waals surface area contributed by atoms with Gasteiger partial charge in [0.2, 0.25) is 5.91 Å². The summed E-state index contributed by atoms with van der Waals surface area (Å²) in [7, 11) is 1.60. The molecule has 30 heavy (non-hydrogen) atoms. The number of ether oxygens (including phenoxy) is 1. The molecule has 3 aromatic rings. The van der Waals surface area contributed by atoms with E-state index in [2.05, 4.69) is 22.4 Å². The average molecular weight is 405 g/mol. The zero-order chi connectivity index (χ0) is 21.5. The molecule has 0 unspecified atom stereocenters. The fraction of sp³-hybridized carbons (Fsp3) is 0.292. The summed E-state index contributed by atoms with van der Waals surface area (Å²) < 4.78 is 6.60. The number of carbonyl (C=O) groups excluding carboxylic acids is 1. The minimum atomic E-state index is -0.250. The lowest BCUT2D eigenvalue weighted by molar-refractivity contribution is -0.122. The van der Waals surface area contributed by atoms with Gasteiger partial charge in [-0.2, -0.15) is 0 Å². The summed E-state index contributed by atoms with van der Waals surface area (Å²) in [5, 5.41) is 2.99. The van der Waals surface area contributed by atoms with Crippen LogP contribution in [0.5, 0.6) is 5.75 Å². The van der Waals surface area contributed by atoms with E-state index in [1.165, 1.54) is 16.2 Å². The van der Waals surface area contributed by atoms with Crippen molar-refractivity contribution in [3.05, 3.63) is 82.3 Å². The lowest BCUT2D eigenvalue weighted by Gasteiger charge is -2.16. The van der Waals surface area contributed by atoms with Gasteiger partial charge in [0.1, 0.15) is 18.1 Å². The largest absolute Gasteiger partial charge is 0.497 e. The summed E-state index contributed by atoms with van der Waals surface area (Å²) in [4.78, 5) is 29.8. The van der Waals surface area contributed by atoms with Crippen LogP contribution in [0.3, 0.4) is 0 Å². The SMILES string of the molecule is COc1ccc(-c2nc(C)cc(=O)n2CC(=O)N[C@@H](C)CCc2ccccc2)cc1. The Morgan fingerprint density at radius 2 is 1.83 bits per heavy atom. The first-order valence-electron chi connectivity index (χ1n) is 10.0. The Bertz CT molecular complexity index is 1040. The Balaban J connectivity index is 1.71.